The largest absolute Gasteiger partial charge is 0.349 e. The Morgan fingerprint density at radius 1 is 1.58 bits per heavy atom. The summed E-state index contributed by atoms with van der Waals surface area (Å²) in [6, 6.07) is 3.73. The number of aromatic nitrogens is 2. The van der Waals surface area contributed by atoms with Crippen molar-refractivity contribution in [1.82, 2.24) is 15.3 Å². The summed E-state index contributed by atoms with van der Waals surface area (Å²) < 4.78 is 0. The highest BCUT2D eigenvalue weighted by Gasteiger charge is 2.12. The summed E-state index contributed by atoms with van der Waals surface area (Å²) in [6.45, 7) is 1.93. The maximum Gasteiger partial charge on any atom is 0.227 e. The maximum atomic E-state index is 11.9. The molecule has 2 aromatic rings. The van der Waals surface area contributed by atoms with Crippen molar-refractivity contribution in [3.8, 4) is 0 Å². The molecular weight excluding hydrogens is 282 g/mol. The van der Waals surface area contributed by atoms with E-state index in [4.69, 9.17) is 11.6 Å². The van der Waals surface area contributed by atoms with Crippen LogP contribution in [0.3, 0.4) is 0 Å². The molecule has 0 fully saturated rings. The van der Waals surface area contributed by atoms with Crippen LogP contribution in [-0.2, 0) is 17.1 Å². The molecule has 1 amide bonds. The van der Waals surface area contributed by atoms with Gasteiger partial charge in [0.2, 0.25) is 5.91 Å². The summed E-state index contributed by atoms with van der Waals surface area (Å²) >= 11 is 7.13. The van der Waals surface area contributed by atoms with Crippen LogP contribution in [-0.4, -0.2) is 15.9 Å². The zero-order chi connectivity index (χ0) is 13.7. The van der Waals surface area contributed by atoms with Crippen molar-refractivity contribution in [1.29, 1.82) is 0 Å². The van der Waals surface area contributed by atoms with Crippen LogP contribution in [0.15, 0.2) is 29.9 Å². The van der Waals surface area contributed by atoms with E-state index in [2.05, 4.69) is 15.3 Å². The Hall–Kier alpha value is -1.46. The van der Waals surface area contributed by atoms with Gasteiger partial charge in [0, 0.05) is 17.8 Å². The minimum atomic E-state index is -0.0614. The number of halogens is 1. The summed E-state index contributed by atoms with van der Waals surface area (Å²) in [7, 11) is 0. The molecule has 0 aliphatic carbocycles. The second-order valence-corrected chi connectivity index (χ2v) is 5.33. The fourth-order valence-corrected chi connectivity index (χ4v) is 2.66. The molecule has 1 N–H and O–H groups in total. The second-order valence-electron chi connectivity index (χ2n) is 4.12. The van der Waals surface area contributed by atoms with Crippen molar-refractivity contribution in [3.05, 3.63) is 46.2 Å². The van der Waals surface area contributed by atoms with Crippen LogP contribution in [0.2, 0.25) is 0 Å². The van der Waals surface area contributed by atoms with E-state index in [1.165, 1.54) is 11.3 Å². The Bertz CT molecular complexity index is 544. The molecule has 2 rings (SSSR count). The molecule has 4 nitrogen and oxygen atoms in total. The molecule has 2 aromatic heterocycles. The highest BCUT2D eigenvalue weighted by molar-refractivity contribution is 7.09. The first-order valence-corrected chi connectivity index (χ1v) is 7.29. The molecule has 0 bridgehead atoms. The van der Waals surface area contributed by atoms with Crippen LogP contribution >= 0.6 is 22.9 Å². The molecule has 19 heavy (non-hydrogen) atoms. The van der Waals surface area contributed by atoms with E-state index >= 15 is 0 Å². The minimum absolute atomic E-state index is 0.0492. The van der Waals surface area contributed by atoms with Gasteiger partial charge in [0.1, 0.15) is 5.01 Å². The quantitative estimate of drug-likeness (QED) is 0.863. The Kier molecular flexibility index (Phi) is 4.87. The van der Waals surface area contributed by atoms with Crippen molar-refractivity contribution in [2.24, 2.45) is 0 Å². The summed E-state index contributed by atoms with van der Waals surface area (Å²) in [4.78, 5) is 20.2. The first-order valence-electron chi connectivity index (χ1n) is 5.87. The molecule has 0 aliphatic heterocycles. The lowest BCUT2D eigenvalue weighted by Gasteiger charge is -2.13. The standard InChI is InChI=1S/C13H14ClN3OS/c1-9(10-3-2-4-15-7-10)16-12(18)5-13-17-11(6-14)8-19-13/h2-4,7-9H,5-6H2,1H3,(H,16,18). The average Bonchev–Trinajstić information content (AvgIpc) is 2.87. The molecular formula is C13H14ClN3OS. The summed E-state index contributed by atoms with van der Waals surface area (Å²) in [5.74, 6) is 0.330. The van der Waals surface area contributed by atoms with Gasteiger partial charge in [-0.05, 0) is 18.6 Å². The van der Waals surface area contributed by atoms with Crippen molar-refractivity contribution in [2.45, 2.75) is 25.3 Å². The fourth-order valence-electron chi connectivity index (χ4n) is 1.64. The molecule has 0 aliphatic rings. The van der Waals surface area contributed by atoms with Crippen LogP contribution in [0, 0.1) is 0 Å². The Balaban J connectivity index is 1.91. The number of carbonyl (C=O) groups is 1. The number of nitrogens with zero attached hydrogens (tertiary/aromatic N) is 2. The lowest BCUT2D eigenvalue weighted by Crippen LogP contribution is -2.28. The van der Waals surface area contributed by atoms with Crippen LogP contribution in [0.1, 0.15) is 29.2 Å². The van der Waals surface area contributed by atoms with Gasteiger partial charge in [-0.3, -0.25) is 9.78 Å². The number of nitrogens with one attached hydrogen (secondary N) is 1. The minimum Gasteiger partial charge on any atom is -0.349 e. The second kappa shape index (κ2) is 6.63. The lowest BCUT2D eigenvalue weighted by molar-refractivity contribution is -0.121. The van der Waals surface area contributed by atoms with Crippen LogP contribution in [0.25, 0.3) is 0 Å². The number of carbonyl (C=O) groups excluding carboxylic acids is 1. The van der Waals surface area contributed by atoms with Gasteiger partial charge in [0.25, 0.3) is 0 Å². The van der Waals surface area contributed by atoms with Gasteiger partial charge in [0.15, 0.2) is 0 Å². The predicted molar refractivity (Wildman–Crippen MR) is 76.2 cm³/mol. The van der Waals surface area contributed by atoms with E-state index in [1.54, 1.807) is 12.4 Å². The Morgan fingerprint density at radius 2 is 2.42 bits per heavy atom. The van der Waals surface area contributed by atoms with Gasteiger partial charge < -0.3 is 5.32 Å². The number of pyridine rings is 1. The molecule has 0 radical (unpaired) electrons. The third-order valence-electron chi connectivity index (χ3n) is 2.61. The summed E-state index contributed by atoms with van der Waals surface area (Å²) in [5.41, 5.74) is 1.80. The number of thiazole rings is 1. The molecule has 6 heteroatoms. The third-order valence-corrected chi connectivity index (χ3v) is 3.78. The van der Waals surface area contributed by atoms with E-state index in [0.29, 0.717) is 5.88 Å². The van der Waals surface area contributed by atoms with E-state index < -0.39 is 0 Å². The van der Waals surface area contributed by atoms with Crippen molar-refractivity contribution < 1.29 is 4.79 Å². The number of amides is 1. The topological polar surface area (TPSA) is 54.9 Å². The molecule has 0 spiro atoms. The molecule has 0 saturated carbocycles. The van der Waals surface area contributed by atoms with Crippen LogP contribution in [0.5, 0.6) is 0 Å². The van der Waals surface area contributed by atoms with E-state index in [1.807, 2.05) is 24.4 Å². The Labute approximate surface area is 120 Å². The van der Waals surface area contributed by atoms with Gasteiger partial charge in [-0.2, -0.15) is 0 Å². The monoisotopic (exact) mass is 295 g/mol. The number of hydrogen-bond donors (Lipinski definition) is 1. The molecule has 1 atom stereocenters. The SMILES string of the molecule is CC(NC(=O)Cc1nc(CCl)cs1)c1cccnc1. The van der Waals surface area contributed by atoms with Gasteiger partial charge in [0.05, 0.1) is 24.0 Å². The normalized spacial score (nSPS) is 12.1. The van der Waals surface area contributed by atoms with Crippen LogP contribution in [0.4, 0.5) is 0 Å². The zero-order valence-corrected chi connectivity index (χ0v) is 12.0. The molecule has 0 saturated heterocycles. The molecule has 100 valence electrons. The first-order chi connectivity index (χ1) is 9.19. The summed E-state index contributed by atoms with van der Waals surface area (Å²) in [6.07, 6.45) is 3.74. The van der Waals surface area contributed by atoms with Crippen molar-refractivity contribution in [2.75, 3.05) is 0 Å². The molecule has 0 aromatic carbocycles. The average molecular weight is 296 g/mol. The van der Waals surface area contributed by atoms with Crippen LogP contribution < -0.4 is 5.32 Å². The number of alkyl halides is 1. The van der Waals surface area contributed by atoms with Gasteiger partial charge in [-0.15, -0.1) is 22.9 Å². The predicted octanol–water partition coefficient (Wildman–Crippen LogP) is 2.70. The highest BCUT2D eigenvalue weighted by Crippen LogP contribution is 2.14. The number of hydrogen-bond acceptors (Lipinski definition) is 4. The zero-order valence-electron chi connectivity index (χ0n) is 10.5. The lowest BCUT2D eigenvalue weighted by atomic mass is 10.1. The number of rotatable bonds is 5. The molecule has 1 unspecified atom stereocenters. The Morgan fingerprint density at radius 3 is 3.05 bits per heavy atom. The summed E-state index contributed by atoms with van der Waals surface area (Å²) in [5, 5.41) is 5.59. The van der Waals surface area contributed by atoms with Gasteiger partial charge >= 0.3 is 0 Å². The third kappa shape index (κ3) is 4.01. The smallest absolute Gasteiger partial charge is 0.227 e. The van der Waals surface area contributed by atoms with Crippen molar-refractivity contribution in [3.63, 3.8) is 0 Å². The van der Waals surface area contributed by atoms with E-state index in [-0.39, 0.29) is 18.4 Å². The van der Waals surface area contributed by atoms with Gasteiger partial charge in [-0.1, -0.05) is 6.07 Å². The molecule has 2 heterocycles. The highest BCUT2D eigenvalue weighted by atomic mass is 35.5. The van der Waals surface area contributed by atoms with Gasteiger partial charge in [-0.25, -0.2) is 4.98 Å². The van der Waals surface area contributed by atoms with E-state index in [0.717, 1.165) is 16.3 Å². The van der Waals surface area contributed by atoms with E-state index in [9.17, 15) is 4.79 Å². The maximum absolute atomic E-state index is 11.9. The van der Waals surface area contributed by atoms with Crippen molar-refractivity contribution >= 4 is 28.8 Å². The first kappa shape index (κ1) is 14.0. The fraction of sp³-hybridized carbons (Fsp3) is 0.308.